The Hall–Kier alpha value is -4.41. The molecule has 3 aromatic rings. The third kappa shape index (κ3) is 5.67. The summed E-state index contributed by atoms with van der Waals surface area (Å²) in [7, 11) is 2.14. The van der Waals surface area contributed by atoms with Crippen molar-refractivity contribution in [2.45, 2.75) is 101 Å². The van der Waals surface area contributed by atoms with E-state index in [1.54, 1.807) is 0 Å². The van der Waals surface area contributed by atoms with E-state index in [0.29, 0.717) is 67.3 Å². The van der Waals surface area contributed by atoms with Gasteiger partial charge in [0.2, 0.25) is 5.88 Å². The van der Waals surface area contributed by atoms with Gasteiger partial charge in [0.1, 0.15) is 29.1 Å². The first kappa shape index (κ1) is 33.7. The molecule has 0 radical (unpaired) electrons. The van der Waals surface area contributed by atoms with Gasteiger partial charge in [-0.2, -0.15) is 10.2 Å². The first-order chi connectivity index (χ1) is 24.4. The number of ether oxygens (including phenoxy) is 3. The predicted molar refractivity (Wildman–Crippen MR) is 190 cm³/mol. The Bertz CT molecular complexity index is 1890. The molecular weight excluding hydrogens is 648 g/mol. The van der Waals surface area contributed by atoms with Crippen LogP contribution in [0.2, 0.25) is 0 Å². The predicted octanol–water partition coefficient (Wildman–Crippen LogP) is 4.84. The number of carbonyl (C=O) groups is 1. The molecule has 5 aliphatic rings. The van der Waals surface area contributed by atoms with E-state index in [1.165, 1.54) is 0 Å². The summed E-state index contributed by atoms with van der Waals surface area (Å²) in [5.41, 5.74) is 9.49. The number of aromatic nitrogens is 3. The van der Waals surface area contributed by atoms with Gasteiger partial charge in [-0.3, -0.25) is 9.80 Å². The molecule has 270 valence electrons. The van der Waals surface area contributed by atoms with Crippen LogP contribution >= 0.6 is 0 Å². The van der Waals surface area contributed by atoms with Gasteiger partial charge in [-0.1, -0.05) is 11.2 Å². The molecule has 5 heterocycles. The molecule has 1 unspecified atom stereocenters. The lowest BCUT2D eigenvalue weighted by atomic mass is 9.68. The highest BCUT2D eigenvalue weighted by Crippen LogP contribution is 2.54. The van der Waals surface area contributed by atoms with Crippen LogP contribution in [0.1, 0.15) is 87.8 Å². The normalized spacial score (nSPS) is 24.6. The highest BCUT2D eigenvalue weighted by Gasteiger charge is 2.52. The van der Waals surface area contributed by atoms with Crippen molar-refractivity contribution in [2.75, 3.05) is 57.1 Å². The van der Waals surface area contributed by atoms with Gasteiger partial charge in [0, 0.05) is 43.0 Å². The number of likely N-dealkylation sites (N-methyl/N-ethyl adjacent to an activating group) is 1. The van der Waals surface area contributed by atoms with Crippen molar-refractivity contribution < 1.29 is 23.5 Å². The largest absolute Gasteiger partial charge is 0.473 e. The van der Waals surface area contributed by atoms with E-state index in [9.17, 15) is 10.1 Å². The zero-order chi connectivity index (χ0) is 35.7. The van der Waals surface area contributed by atoms with E-state index >= 15 is 0 Å². The van der Waals surface area contributed by atoms with Crippen molar-refractivity contribution in [2.24, 2.45) is 0 Å². The van der Waals surface area contributed by atoms with Crippen LogP contribution in [0.4, 0.5) is 16.3 Å². The lowest BCUT2D eigenvalue weighted by Crippen LogP contribution is -2.73. The zero-order valence-electron chi connectivity index (χ0n) is 30.3. The monoisotopic (exact) mass is 696 g/mol. The first-order valence-electron chi connectivity index (χ1n) is 18.3. The van der Waals surface area contributed by atoms with E-state index in [-0.39, 0.29) is 18.2 Å². The standard InChI is InChI=1S/C38H48N8O5/c1-23(28-9-7-15-44(28)5)49-30-18-29(45-16-17-46(35(47)50-36(2,3)4)37(20-45)21-48-22-37)41-34(42-30)32-25-8-6-13-38(33(25)51-43-32)14-12-24-10-11-27(40)26(19-39)31(24)38/h10-11,18,23,28H,6-9,12-17,20-22,40H2,1-5H3/t23-,28-,38?/m0/s1. The van der Waals surface area contributed by atoms with Gasteiger partial charge in [0.15, 0.2) is 17.3 Å². The number of nitrogens with two attached hydrogens (primary N) is 1. The van der Waals surface area contributed by atoms with Crippen LogP contribution in [0.25, 0.3) is 11.5 Å². The Morgan fingerprint density at radius 2 is 1.96 bits per heavy atom. The number of amides is 1. The van der Waals surface area contributed by atoms with Crippen molar-refractivity contribution in [1.82, 2.24) is 24.9 Å². The van der Waals surface area contributed by atoms with E-state index in [0.717, 1.165) is 73.9 Å². The third-order valence-electron chi connectivity index (χ3n) is 11.6. The lowest BCUT2D eigenvalue weighted by molar-refractivity contribution is -0.138. The zero-order valence-corrected chi connectivity index (χ0v) is 30.3. The molecular formula is C38H48N8O5. The molecule has 1 aromatic carbocycles. The van der Waals surface area contributed by atoms with Crippen LogP contribution in [0.15, 0.2) is 22.7 Å². The first-order valence-corrected chi connectivity index (χ1v) is 18.3. The number of rotatable bonds is 5. The second kappa shape index (κ2) is 12.4. The summed E-state index contributed by atoms with van der Waals surface area (Å²) >= 11 is 0. The van der Waals surface area contributed by atoms with Gasteiger partial charge in [-0.25, -0.2) is 9.78 Å². The summed E-state index contributed by atoms with van der Waals surface area (Å²) < 4.78 is 24.4. The summed E-state index contributed by atoms with van der Waals surface area (Å²) in [4.78, 5) is 29.8. The van der Waals surface area contributed by atoms with Gasteiger partial charge in [-0.15, -0.1) is 0 Å². The number of nitrogens with zero attached hydrogens (tertiary/aromatic N) is 7. The minimum Gasteiger partial charge on any atom is -0.473 e. The molecule has 0 saturated carbocycles. The number of anilines is 2. The molecule has 2 aliphatic carbocycles. The second-order valence-electron chi connectivity index (χ2n) is 16.1. The number of nitriles is 1. The van der Waals surface area contributed by atoms with Gasteiger partial charge in [0.05, 0.1) is 24.2 Å². The lowest BCUT2D eigenvalue weighted by Gasteiger charge is -2.54. The van der Waals surface area contributed by atoms with Crippen LogP contribution in [0.3, 0.4) is 0 Å². The summed E-state index contributed by atoms with van der Waals surface area (Å²) in [6.45, 7) is 11.2. The van der Waals surface area contributed by atoms with Crippen molar-refractivity contribution >= 4 is 17.6 Å². The van der Waals surface area contributed by atoms with Crippen molar-refractivity contribution in [3.63, 3.8) is 0 Å². The fourth-order valence-corrected chi connectivity index (χ4v) is 9.16. The molecule has 0 bridgehead atoms. The molecule has 2 aromatic heterocycles. The number of likely N-dealkylation sites (tertiary alicyclic amines) is 1. The molecule has 51 heavy (non-hydrogen) atoms. The average Bonchev–Trinajstić information content (AvgIpc) is 3.81. The smallest absolute Gasteiger partial charge is 0.411 e. The number of piperazine rings is 1. The minimum absolute atomic E-state index is 0.0946. The maximum Gasteiger partial charge on any atom is 0.411 e. The Labute approximate surface area is 299 Å². The molecule has 3 atom stereocenters. The number of benzene rings is 1. The Morgan fingerprint density at radius 1 is 1.14 bits per heavy atom. The number of nitrogen functional groups attached to an aromatic ring is 1. The molecule has 3 saturated heterocycles. The van der Waals surface area contributed by atoms with E-state index in [1.807, 2.05) is 43.9 Å². The molecule has 3 fully saturated rings. The maximum absolute atomic E-state index is 13.3. The number of aryl methyl sites for hydroxylation is 1. The summed E-state index contributed by atoms with van der Waals surface area (Å²) in [5.74, 6) is 2.41. The van der Waals surface area contributed by atoms with E-state index < -0.39 is 16.6 Å². The molecule has 2 spiro atoms. The number of carbonyl (C=O) groups excluding carboxylic acids is 1. The minimum atomic E-state index is -0.601. The van der Waals surface area contributed by atoms with Crippen molar-refractivity contribution in [3.8, 4) is 23.5 Å². The highest BCUT2D eigenvalue weighted by atomic mass is 16.6. The SMILES string of the molecule is C[C@H](Oc1cc(N2CCN(C(=O)OC(C)(C)C)C3(COC3)C2)nc(-c2noc3c2CCCC32CCc3ccc(N)c(C#N)c32)n1)[C@@H]1CCCN1C. The van der Waals surface area contributed by atoms with Crippen LogP contribution in [0, 0.1) is 11.3 Å². The maximum atomic E-state index is 13.3. The van der Waals surface area contributed by atoms with Crippen LogP contribution in [0.5, 0.6) is 5.88 Å². The highest BCUT2D eigenvalue weighted by molar-refractivity contribution is 5.71. The average molecular weight is 697 g/mol. The second-order valence-corrected chi connectivity index (χ2v) is 16.1. The molecule has 2 N–H and O–H groups in total. The Morgan fingerprint density at radius 3 is 2.67 bits per heavy atom. The third-order valence-corrected chi connectivity index (χ3v) is 11.6. The van der Waals surface area contributed by atoms with Gasteiger partial charge in [0.25, 0.3) is 0 Å². The molecule has 13 nitrogen and oxygen atoms in total. The van der Waals surface area contributed by atoms with Crippen LogP contribution in [-0.4, -0.2) is 101 Å². The number of fused-ring (bicyclic) bond motifs is 4. The Kier molecular flexibility index (Phi) is 8.18. The molecule has 1 amide bonds. The Balaban J connectivity index is 1.17. The van der Waals surface area contributed by atoms with E-state index in [4.69, 9.17) is 34.4 Å². The van der Waals surface area contributed by atoms with Crippen molar-refractivity contribution in [3.05, 3.63) is 46.2 Å². The van der Waals surface area contributed by atoms with Crippen LogP contribution < -0.4 is 15.4 Å². The fourth-order valence-electron chi connectivity index (χ4n) is 9.16. The summed E-state index contributed by atoms with van der Waals surface area (Å²) in [6, 6.07) is 8.47. The van der Waals surface area contributed by atoms with Crippen molar-refractivity contribution in [1.29, 1.82) is 5.26 Å². The van der Waals surface area contributed by atoms with Crippen LogP contribution in [-0.2, 0) is 27.7 Å². The number of hydrogen-bond donors (Lipinski definition) is 1. The molecule has 8 rings (SSSR count). The van der Waals surface area contributed by atoms with Gasteiger partial charge >= 0.3 is 6.09 Å². The van der Waals surface area contributed by atoms with Gasteiger partial charge in [-0.05, 0) is 103 Å². The topological polar surface area (TPSA) is 156 Å². The molecule has 13 heteroatoms. The summed E-state index contributed by atoms with van der Waals surface area (Å²) in [5, 5.41) is 14.9. The van der Waals surface area contributed by atoms with Gasteiger partial charge < -0.3 is 29.4 Å². The number of hydrogen-bond acceptors (Lipinski definition) is 12. The van der Waals surface area contributed by atoms with E-state index in [2.05, 4.69) is 35.0 Å². The summed E-state index contributed by atoms with van der Waals surface area (Å²) in [6.07, 6.45) is 5.97. The molecule has 3 aliphatic heterocycles. The quantitative estimate of drug-likeness (QED) is 0.363. The fraction of sp³-hybridized carbons (Fsp3) is 0.605.